The summed E-state index contributed by atoms with van der Waals surface area (Å²) in [6.45, 7) is 2.41. The summed E-state index contributed by atoms with van der Waals surface area (Å²) < 4.78 is 6.87. The Balaban J connectivity index is 1.39. The SMILES string of the molecule is Cc1oc(-c2ccc(C(=O)NCc3cccc(Br)c3)cc2)nc1CSc1ccccc1. The number of rotatable bonds is 7. The molecule has 0 aliphatic heterocycles. The van der Waals surface area contributed by atoms with E-state index in [9.17, 15) is 4.79 Å². The standard InChI is InChI=1S/C25H21BrN2O2S/c1-17-23(16-31-22-8-3-2-4-9-22)28-25(30-17)20-12-10-19(11-13-20)24(29)27-15-18-6-5-7-21(26)14-18/h2-14H,15-16H2,1H3,(H,27,29). The number of benzene rings is 3. The third-order valence-electron chi connectivity index (χ3n) is 4.75. The lowest BCUT2D eigenvalue weighted by atomic mass is 10.1. The molecule has 0 unspecified atom stereocenters. The molecule has 1 aromatic heterocycles. The first-order valence-electron chi connectivity index (χ1n) is 9.86. The molecule has 0 aliphatic carbocycles. The number of aromatic nitrogens is 1. The van der Waals surface area contributed by atoms with E-state index in [-0.39, 0.29) is 5.91 Å². The van der Waals surface area contributed by atoms with Crippen LogP contribution in [-0.4, -0.2) is 10.9 Å². The van der Waals surface area contributed by atoms with Gasteiger partial charge < -0.3 is 9.73 Å². The number of carbonyl (C=O) groups is 1. The lowest BCUT2D eigenvalue weighted by molar-refractivity contribution is 0.0951. The summed E-state index contributed by atoms with van der Waals surface area (Å²) in [5, 5.41) is 2.95. The van der Waals surface area contributed by atoms with E-state index < -0.39 is 0 Å². The largest absolute Gasteiger partial charge is 0.441 e. The van der Waals surface area contributed by atoms with Gasteiger partial charge in [-0.05, 0) is 61.0 Å². The third kappa shape index (κ3) is 5.66. The summed E-state index contributed by atoms with van der Waals surface area (Å²) in [7, 11) is 0. The molecular weight excluding hydrogens is 472 g/mol. The van der Waals surface area contributed by atoms with Crippen molar-refractivity contribution in [2.45, 2.75) is 24.1 Å². The van der Waals surface area contributed by atoms with Crippen LogP contribution in [0.5, 0.6) is 0 Å². The summed E-state index contributed by atoms with van der Waals surface area (Å²) in [6.07, 6.45) is 0. The number of hydrogen-bond donors (Lipinski definition) is 1. The van der Waals surface area contributed by atoms with Crippen LogP contribution in [-0.2, 0) is 12.3 Å². The molecule has 4 aromatic rings. The lowest BCUT2D eigenvalue weighted by Crippen LogP contribution is -2.22. The zero-order chi connectivity index (χ0) is 21.6. The zero-order valence-corrected chi connectivity index (χ0v) is 19.4. The molecule has 0 atom stereocenters. The summed E-state index contributed by atoms with van der Waals surface area (Å²) in [5.74, 6) is 2.02. The van der Waals surface area contributed by atoms with Crippen molar-refractivity contribution in [3.8, 4) is 11.5 Å². The molecule has 156 valence electrons. The van der Waals surface area contributed by atoms with Gasteiger partial charge in [0.25, 0.3) is 5.91 Å². The van der Waals surface area contributed by atoms with E-state index in [1.165, 1.54) is 4.90 Å². The van der Waals surface area contributed by atoms with Crippen LogP contribution in [0.2, 0.25) is 0 Å². The minimum atomic E-state index is -0.116. The summed E-state index contributed by atoms with van der Waals surface area (Å²) >= 11 is 5.17. The highest BCUT2D eigenvalue weighted by molar-refractivity contribution is 9.10. The van der Waals surface area contributed by atoms with Crippen LogP contribution in [0.4, 0.5) is 0 Å². The second kappa shape index (κ2) is 9.98. The van der Waals surface area contributed by atoms with E-state index in [0.29, 0.717) is 18.0 Å². The summed E-state index contributed by atoms with van der Waals surface area (Å²) in [6, 6.07) is 25.4. The minimum absolute atomic E-state index is 0.116. The van der Waals surface area contributed by atoms with Crippen LogP contribution in [0.3, 0.4) is 0 Å². The van der Waals surface area contributed by atoms with Gasteiger partial charge in [-0.2, -0.15) is 0 Å². The molecule has 0 aliphatic rings. The van der Waals surface area contributed by atoms with Gasteiger partial charge in [-0.15, -0.1) is 11.8 Å². The molecule has 0 saturated heterocycles. The van der Waals surface area contributed by atoms with Crippen LogP contribution >= 0.6 is 27.7 Å². The third-order valence-corrected chi connectivity index (χ3v) is 6.26. The Bertz CT molecular complexity index is 1170. The molecule has 0 fully saturated rings. The molecule has 0 spiro atoms. The molecule has 1 N–H and O–H groups in total. The molecule has 4 nitrogen and oxygen atoms in total. The van der Waals surface area contributed by atoms with Crippen LogP contribution < -0.4 is 5.32 Å². The number of nitrogens with zero attached hydrogens (tertiary/aromatic N) is 1. The van der Waals surface area contributed by atoms with Crippen molar-refractivity contribution in [2.75, 3.05) is 0 Å². The zero-order valence-electron chi connectivity index (χ0n) is 17.0. The van der Waals surface area contributed by atoms with Crippen LogP contribution in [0, 0.1) is 6.92 Å². The van der Waals surface area contributed by atoms with Gasteiger partial charge in [0.15, 0.2) is 0 Å². The maximum atomic E-state index is 12.5. The predicted molar refractivity (Wildman–Crippen MR) is 128 cm³/mol. The number of amides is 1. The Kier molecular flexibility index (Phi) is 6.89. The fourth-order valence-electron chi connectivity index (χ4n) is 3.05. The Hall–Kier alpha value is -2.83. The molecule has 31 heavy (non-hydrogen) atoms. The maximum absolute atomic E-state index is 12.5. The Morgan fingerprint density at radius 1 is 1.03 bits per heavy atom. The fourth-order valence-corrected chi connectivity index (χ4v) is 4.42. The van der Waals surface area contributed by atoms with Crippen molar-refractivity contribution in [3.63, 3.8) is 0 Å². The monoisotopic (exact) mass is 492 g/mol. The molecule has 0 radical (unpaired) electrons. The Morgan fingerprint density at radius 3 is 2.55 bits per heavy atom. The predicted octanol–water partition coefficient (Wildman–Crippen LogP) is 6.63. The topological polar surface area (TPSA) is 55.1 Å². The summed E-state index contributed by atoms with van der Waals surface area (Å²) in [5.41, 5.74) is 3.42. The van der Waals surface area contributed by atoms with Crippen molar-refractivity contribution >= 4 is 33.6 Å². The summed E-state index contributed by atoms with van der Waals surface area (Å²) in [4.78, 5) is 18.3. The van der Waals surface area contributed by atoms with Crippen molar-refractivity contribution in [3.05, 3.63) is 106 Å². The molecule has 3 aromatic carbocycles. The maximum Gasteiger partial charge on any atom is 0.251 e. The van der Waals surface area contributed by atoms with Gasteiger partial charge in [-0.3, -0.25) is 4.79 Å². The molecule has 1 heterocycles. The van der Waals surface area contributed by atoms with Gasteiger partial charge in [0.1, 0.15) is 5.76 Å². The number of thioether (sulfide) groups is 1. The molecule has 4 rings (SSSR count). The van der Waals surface area contributed by atoms with Gasteiger partial charge in [-0.25, -0.2) is 4.98 Å². The Morgan fingerprint density at radius 2 is 1.81 bits per heavy atom. The number of hydrogen-bond acceptors (Lipinski definition) is 4. The highest BCUT2D eigenvalue weighted by Gasteiger charge is 2.13. The van der Waals surface area contributed by atoms with E-state index in [0.717, 1.165) is 32.8 Å². The normalized spacial score (nSPS) is 10.8. The second-order valence-electron chi connectivity index (χ2n) is 7.01. The van der Waals surface area contributed by atoms with Crippen molar-refractivity contribution < 1.29 is 9.21 Å². The number of aryl methyl sites for hydroxylation is 1. The van der Waals surface area contributed by atoms with Gasteiger partial charge >= 0.3 is 0 Å². The fraction of sp³-hybridized carbons (Fsp3) is 0.120. The van der Waals surface area contributed by atoms with Crippen LogP contribution in [0.1, 0.15) is 27.4 Å². The molecule has 1 amide bonds. The van der Waals surface area contributed by atoms with Gasteiger partial charge in [-0.1, -0.05) is 46.3 Å². The first kappa shape index (κ1) is 21.4. The van der Waals surface area contributed by atoms with E-state index in [1.54, 1.807) is 23.9 Å². The molecular formula is C25H21BrN2O2S. The smallest absolute Gasteiger partial charge is 0.251 e. The van der Waals surface area contributed by atoms with E-state index in [2.05, 4.69) is 38.4 Å². The first-order valence-corrected chi connectivity index (χ1v) is 11.6. The van der Waals surface area contributed by atoms with Gasteiger partial charge in [0.2, 0.25) is 5.89 Å². The Labute approximate surface area is 194 Å². The quantitative estimate of drug-likeness (QED) is 0.294. The highest BCUT2D eigenvalue weighted by atomic mass is 79.9. The van der Waals surface area contributed by atoms with Crippen LogP contribution in [0.15, 0.2) is 92.6 Å². The average molecular weight is 493 g/mol. The minimum Gasteiger partial charge on any atom is -0.441 e. The highest BCUT2D eigenvalue weighted by Crippen LogP contribution is 2.27. The van der Waals surface area contributed by atoms with Gasteiger partial charge in [0.05, 0.1) is 5.69 Å². The molecule has 6 heteroatoms. The van der Waals surface area contributed by atoms with Crippen molar-refractivity contribution in [1.29, 1.82) is 0 Å². The number of nitrogens with one attached hydrogen (secondary N) is 1. The lowest BCUT2D eigenvalue weighted by Gasteiger charge is -2.06. The first-order chi connectivity index (χ1) is 15.1. The molecule has 0 saturated carbocycles. The second-order valence-corrected chi connectivity index (χ2v) is 8.98. The number of halogens is 1. The van der Waals surface area contributed by atoms with Gasteiger partial charge in [0, 0.05) is 32.8 Å². The van der Waals surface area contributed by atoms with Crippen molar-refractivity contribution in [1.82, 2.24) is 10.3 Å². The van der Waals surface area contributed by atoms with E-state index >= 15 is 0 Å². The van der Waals surface area contributed by atoms with Crippen molar-refractivity contribution in [2.24, 2.45) is 0 Å². The number of oxazole rings is 1. The van der Waals surface area contributed by atoms with E-state index in [1.807, 2.05) is 61.5 Å². The number of carbonyl (C=O) groups excluding carboxylic acids is 1. The van der Waals surface area contributed by atoms with Crippen LogP contribution in [0.25, 0.3) is 11.5 Å². The van der Waals surface area contributed by atoms with E-state index in [4.69, 9.17) is 4.42 Å². The molecule has 0 bridgehead atoms. The average Bonchev–Trinajstić information content (AvgIpc) is 3.17.